The van der Waals surface area contributed by atoms with Gasteiger partial charge in [0.1, 0.15) is 12.1 Å². The minimum atomic E-state index is 0.0106. The zero-order valence-electron chi connectivity index (χ0n) is 15.8. The molecule has 8 nitrogen and oxygen atoms in total. The molecule has 1 aromatic carbocycles. The van der Waals surface area contributed by atoms with E-state index in [1.54, 1.807) is 13.4 Å². The summed E-state index contributed by atoms with van der Waals surface area (Å²) < 4.78 is 12.4. The molecular formula is C19H23N5O3S. The molecule has 0 bridgehead atoms. The van der Waals surface area contributed by atoms with Gasteiger partial charge in [0.05, 0.1) is 25.4 Å². The molecule has 28 heavy (non-hydrogen) atoms. The Morgan fingerprint density at radius 1 is 1.39 bits per heavy atom. The molecule has 0 atom stereocenters. The third kappa shape index (κ3) is 5.03. The van der Waals surface area contributed by atoms with Crippen molar-refractivity contribution in [2.24, 2.45) is 0 Å². The van der Waals surface area contributed by atoms with Gasteiger partial charge < -0.3 is 14.4 Å². The van der Waals surface area contributed by atoms with E-state index in [0.29, 0.717) is 31.3 Å². The fourth-order valence-electron chi connectivity index (χ4n) is 3.13. The maximum Gasteiger partial charge on any atom is 0.233 e. The van der Waals surface area contributed by atoms with E-state index in [4.69, 9.17) is 14.7 Å². The predicted molar refractivity (Wildman–Crippen MR) is 104 cm³/mol. The van der Waals surface area contributed by atoms with Gasteiger partial charge in [-0.05, 0) is 37.1 Å². The lowest BCUT2D eigenvalue weighted by atomic mass is 10.1. The lowest BCUT2D eigenvalue weighted by molar-refractivity contribution is -0.132. The smallest absolute Gasteiger partial charge is 0.233 e. The Bertz CT molecular complexity index is 812. The number of nitriles is 1. The number of nitrogens with zero attached hydrogens (tertiary/aromatic N) is 5. The van der Waals surface area contributed by atoms with Gasteiger partial charge >= 0.3 is 0 Å². The minimum absolute atomic E-state index is 0.0106. The molecule has 9 heteroatoms. The van der Waals surface area contributed by atoms with E-state index in [9.17, 15) is 4.79 Å². The largest absolute Gasteiger partial charge is 0.497 e. The van der Waals surface area contributed by atoms with Crippen LogP contribution < -0.4 is 4.74 Å². The number of amides is 1. The molecule has 0 N–H and O–H groups in total. The summed E-state index contributed by atoms with van der Waals surface area (Å²) in [7, 11) is 1.62. The normalized spacial score (nSPS) is 14.4. The highest BCUT2D eigenvalue weighted by molar-refractivity contribution is 7.99. The Hall–Kier alpha value is -2.57. The number of hydrogen-bond donors (Lipinski definition) is 0. The number of thioether (sulfide) groups is 1. The van der Waals surface area contributed by atoms with Crippen molar-refractivity contribution in [2.45, 2.75) is 30.5 Å². The topological polar surface area (TPSA) is 93.3 Å². The van der Waals surface area contributed by atoms with Crippen molar-refractivity contribution in [1.82, 2.24) is 19.7 Å². The summed E-state index contributed by atoms with van der Waals surface area (Å²) in [6, 6.07) is 9.82. The van der Waals surface area contributed by atoms with Gasteiger partial charge in [-0.3, -0.25) is 9.36 Å². The quantitative estimate of drug-likeness (QED) is 0.627. The molecule has 1 amide bonds. The number of hydrogen-bond acceptors (Lipinski definition) is 7. The lowest BCUT2D eigenvalue weighted by Crippen LogP contribution is -2.44. The van der Waals surface area contributed by atoms with Crippen LogP contribution in [0.2, 0.25) is 0 Å². The highest BCUT2D eigenvalue weighted by atomic mass is 32.2. The molecule has 2 heterocycles. The second kappa shape index (κ2) is 10.1. The molecule has 1 aromatic heterocycles. The summed E-state index contributed by atoms with van der Waals surface area (Å²) in [6.07, 6.45) is 3.57. The molecule has 0 radical (unpaired) electrons. The Labute approximate surface area is 168 Å². The van der Waals surface area contributed by atoms with Crippen LogP contribution in [-0.2, 0) is 9.53 Å². The Kier molecular flexibility index (Phi) is 7.28. The van der Waals surface area contributed by atoms with E-state index < -0.39 is 0 Å². The molecule has 0 aliphatic carbocycles. The van der Waals surface area contributed by atoms with Crippen LogP contribution in [-0.4, -0.2) is 64.2 Å². The van der Waals surface area contributed by atoms with Crippen LogP contribution in [0.15, 0.2) is 35.7 Å². The molecule has 148 valence electrons. The fourth-order valence-corrected chi connectivity index (χ4v) is 3.95. The minimum Gasteiger partial charge on any atom is -0.497 e. The number of carbonyl (C=O) groups is 1. The molecule has 1 aliphatic heterocycles. The fraction of sp³-hybridized carbons (Fsp3) is 0.474. The molecule has 1 saturated heterocycles. The van der Waals surface area contributed by atoms with E-state index >= 15 is 0 Å². The first kappa shape index (κ1) is 20.2. The average Bonchev–Trinajstić information content (AvgIpc) is 3.22. The van der Waals surface area contributed by atoms with Crippen LogP contribution in [0.3, 0.4) is 0 Å². The zero-order chi connectivity index (χ0) is 19.8. The number of benzene rings is 1. The van der Waals surface area contributed by atoms with E-state index in [-0.39, 0.29) is 17.7 Å². The highest BCUT2D eigenvalue weighted by Crippen LogP contribution is 2.23. The Morgan fingerprint density at radius 3 is 2.82 bits per heavy atom. The number of methoxy groups -OCH3 is 1. The van der Waals surface area contributed by atoms with Gasteiger partial charge in [0, 0.05) is 31.5 Å². The summed E-state index contributed by atoms with van der Waals surface area (Å²) in [5.41, 5.74) is 0.895. The van der Waals surface area contributed by atoms with E-state index in [1.165, 1.54) is 11.8 Å². The third-order valence-electron chi connectivity index (χ3n) is 4.61. The third-order valence-corrected chi connectivity index (χ3v) is 5.54. The van der Waals surface area contributed by atoms with Gasteiger partial charge in [0.2, 0.25) is 5.91 Å². The van der Waals surface area contributed by atoms with Crippen LogP contribution in [0.1, 0.15) is 19.3 Å². The van der Waals surface area contributed by atoms with E-state index in [1.807, 2.05) is 33.7 Å². The van der Waals surface area contributed by atoms with Crippen LogP contribution in [0.5, 0.6) is 5.75 Å². The maximum absolute atomic E-state index is 12.9. The second-order valence-corrected chi connectivity index (χ2v) is 7.25. The zero-order valence-corrected chi connectivity index (χ0v) is 16.6. The molecule has 0 spiro atoms. The van der Waals surface area contributed by atoms with Crippen molar-refractivity contribution in [3.8, 4) is 17.5 Å². The number of aromatic nitrogens is 3. The number of carbonyl (C=O) groups excluding carboxylic acids is 1. The summed E-state index contributed by atoms with van der Waals surface area (Å²) in [4.78, 5) is 14.7. The van der Waals surface area contributed by atoms with Crippen LogP contribution in [0.4, 0.5) is 0 Å². The first-order valence-electron chi connectivity index (χ1n) is 9.14. The van der Waals surface area contributed by atoms with Crippen molar-refractivity contribution in [3.63, 3.8) is 0 Å². The molecule has 0 unspecified atom stereocenters. The van der Waals surface area contributed by atoms with E-state index in [0.717, 1.165) is 24.3 Å². The van der Waals surface area contributed by atoms with Gasteiger partial charge in [-0.25, -0.2) is 0 Å². The molecular weight excluding hydrogens is 378 g/mol. The van der Waals surface area contributed by atoms with Gasteiger partial charge in [-0.2, -0.15) is 5.26 Å². The van der Waals surface area contributed by atoms with Gasteiger partial charge in [-0.1, -0.05) is 11.8 Å². The molecule has 3 rings (SSSR count). The van der Waals surface area contributed by atoms with Crippen molar-refractivity contribution in [3.05, 3.63) is 30.6 Å². The first-order chi connectivity index (χ1) is 13.7. The standard InChI is InChI=1S/C19H23N5O3S/c1-26-17-5-3-15(4-6-17)24-14-21-22-19(24)28-13-18(25)23(10-2-9-20)16-7-11-27-12-8-16/h3-6,14,16H,2,7-8,10-13H2,1H3. The summed E-state index contributed by atoms with van der Waals surface area (Å²) in [6.45, 7) is 1.76. The maximum atomic E-state index is 12.9. The summed E-state index contributed by atoms with van der Waals surface area (Å²) in [5, 5.41) is 17.7. The van der Waals surface area contributed by atoms with Gasteiger partial charge in [0.15, 0.2) is 5.16 Å². The first-order valence-corrected chi connectivity index (χ1v) is 10.1. The molecule has 2 aromatic rings. The lowest BCUT2D eigenvalue weighted by Gasteiger charge is -2.33. The monoisotopic (exact) mass is 401 g/mol. The number of ether oxygens (including phenoxy) is 2. The van der Waals surface area contributed by atoms with Crippen molar-refractivity contribution < 1.29 is 14.3 Å². The molecule has 1 aliphatic rings. The van der Waals surface area contributed by atoms with Crippen LogP contribution in [0, 0.1) is 11.3 Å². The van der Waals surface area contributed by atoms with Gasteiger partial charge in [0.25, 0.3) is 0 Å². The van der Waals surface area contributed by atoms with Crippen molar-refractivity contribution in [2.75, 3.05) is 32.6 Å². The average molecular weight is 401 g/mol. The summed E-state index contributed by atoms with van der Waals surface area (Å²) in [5.74, 6) is 1.03. The van der Waals surface area contributed by atoms with Gasteiger partial charge in [-0.15, -0.1) is 10.2 Å². The second-order valence-electron chi connectivity index (χ2n) is 6.31. The van der Waals surface area contributed by atoms with E-state index in [2.05, 4.69) is 16.3 Å². The number of rotatable bonds is 8. The summed E-state index contributed by atoms with van der Waals surface area (Å²) >= 11 is 1.35. The van der Waals surface area contributed by atoms with Crippen LogP contribution in [0.25, 0.3) is 5.69 Å². The van der Waals surface area contributed by atoms with Crippen molar-refractivity contribution >= 4 is 17.7 Å². The predicted octanol–water partition coefficient (Wildman–Crippen LogP) is 2.29. The Balaban J connectivity index is 1.66. The molecule has 1 fully saturated rings. The van der Waals surface area contributed by atoms with Crippen molar-refractivity contribution in [1.29, 1.82) is 5.26 Å². The molecule has 0 saturated carbocycles. The highest BCUT2D eigenvalue weighted by Gasteiger charge is 2.26. The van der Waals surface area contributed by atoms with Crippen LogP contribution >= 0.6 is 11.8 Å². The Morgan fingerprint density at radius 2 is 2.14 bits per heavy atom. The SMILES string of the molecule is COc1ccc(-n2cnnc2SCC(=O)N(CCC#N)C2CCOCC2)cc1.